The average Bonchev–Trinajstić information content (AvgIpc) is 1.63. The molecule has 4 aromatic rings. The molecule has 5 aliphatic carbocycles. The third-order valence-corrected chi connectivity index (χ3v) is 26.4. The van der Waals surface area contributed by atoms with Gasteiger partial charge in [0.1, 0.15) is 18.3 Å². The minimum atomic E-state index is -4.51. The van der Waals surface area contributed by atoms with E-state index in [0.29, 0.717) is 84.4 Å². The number of likely N-dealkylation sites (N-methyl/N-ethyl adjacent to an activating group) is 2. The quantitative estimate of drug-likeness (QED) is 0.00502. The fraction of sp³-hybridized carbons (Fsp3) is 0.600. The minimum Gasteiger partial charge on any atom is -0.870 e. The zero-order valence-corrected chi connectivity index (χ0v) is 87.7. The standard InChI is InChI=1S/C29H33F3N4O4.C17H14F3N3O.C13H23NO4.C12H21NO4.C8H11NO2.C8H15NO2.C5H10O3.C4H8Br2.C4H5NO2.Li.H2O/c1-17(2)23(37)25(38)33-16-28(14-6-7-15-28)27(40)35-24-26(39)36(3)21-9-5-4-8-20(21)22(34-24)18-10-12-19(13-11-18)29(30,31)32;1-23-13-5-3-2-4-12(13)14(22-15(21)16(23)24)10-6-8-11(9-7-10)17(18,19)20;1-9(2)10(15)11(16)14-8-13(12(17)18-3)6-4-5-7-13;1-8(2)9(14)10(15)13-7-12(11(16)17)5-3-4-6-12;1-9-8(7(10)11-2)5-3-4-6-8;1-11-7(10)8(6-9)4-2-3-5-8;1-3(2)4(6)5(7)8;5-3-1-2-4-6;1-5-3-4(6)7-2;;/h4-5,8-13,17,23-24,37H,6-7,14-16H2,1-3H3,(H,33,38)(H,35,40);2-9,15H,21H2,1H3;9-10,15H,4-8H2,1-3H3,(H,14,16);8-9,14H,3-7H2,1-2H3,(H,13,15)(H,16,17);3-6H2,2H3;2-6,9H2,1H3;3-4,6H,1-2H3,(H,7,8);1-4H2;3H2,2H3;;1H2/q;;;;;;;;;+1;/p-1. The van der Waals surface area contributed by atoms with Gasteiger partial charge >= 0.3 is 79.1 Å². The molecule has 7 aliphatic rings. The molecule has 35 nitrogen and oxygen atoms in total. The molecule has 0 saturated heterocycles. The van der Waals surface area contributed by atoms with Crippen molar-refractivity contribution in [3.05, 3.63) is 153 Å². The van der Waals surface area contributed by atoms with E-state index in [2.05, 4.69) is 82.3 Å². The number of halogens is 8. The number of aliphatic hydroxyl groups excluding tert-OH is 4. The summed E-state index contributed by atoms with van der Waals surface area (Å²) in [4.78, 5) is 158. The summed E-state index contributed by atoms with van der Waals surface area (Å²) >= 11 is 6.66. The summed E-state index contributed by atoms with van der Waals surface area (Å²) in [6, 6.07) is 23.0. The Hall–Kier alpha value is -10.3. The van der Waals surface area contributed by atoms with Gasteiger partial charge in [-0.25, -0.2) is 32.5 Å². The molecule has 6 amide bonds. The first-order valence-electron chi connectivity index (χ1n) is 46.9. The van der Waals surface area contributed by atoms with Crippen molar-refractivity contribution >= 4 is 126 Å². The Morgan fingerprint density at radius 1 is 0.486 bits per heavy atom. The van der Waals surface area contributed by atoms with Gasteiger partial charge in [0.2, 0.25) is 29.8 Å². The molecule has 0 aromatic heterocycles. The number of benzodiazepines with no additional fused rings is 2. The predicted octanol–water partition coefficient (Wildman–Crippen LogP) is 9.70. The number of aliphatic imine (C=N–C) groups is 2. The molecule has 0 spiro atoms. The first-order valence-corrected chi connectivity index (χ1v) is 49.2. The Morgan fingerprint density at radius 3 is 1.12 bits per heavy atom. The largest absolute Gasteiger partial charge is 1.00 e. The maximum absolute atomic E-state index is 13.7. The number of carbonyl (C=O) groups excluding carboxylic acids is 10. The number of unbranched alkanes of at least 4 members (excludes halogenated alkanes) is 1. The van der Waals surface area contributed by atoms with Crippen molar-refractivity contribution in [1.29, 1.82) is 0 Å². The number of fused-ring (bicyclic) bond motifs is 2. The molecular formula is C100H141Br2F6LiN12O23. The second-order valence-electron chi connectivity index (χ2n) is 36.8. The number of alkyl halides is 8. The van der Waals surface area contributed by atoms with Gasteiger partial charge in [0.15, 0.2) is 12.3 Å². The van der Waals surface area contributed by atoms with Crippen LogP contribution in [0.2, 0.25) is 0 Å². The molecule has 144 heavy (non-hydrogen) atoms. The first kappa shape index (κ1) is 132. The molecular weight excluding hydrogens is 2020 g/mol. The molecule has 5 saturated carbocycles. The molecule has 0 radical (unpaired) electrons. The van der Waals surface area contributed by atoms with Crippen molar-refractivity contribution in [3.8, 4) is 0 Å². The zero-order valence-electron chi connectivity index (χ0n) is 84.5. The van der Waals surface area contributed by atoms with E-state index in [4.69, 9.17) is 44.3 Å². The number of nitrogens with one attached hydrogen (secondary N) is 4. The number of esters is 4. The number of hydrogen-bond donors (Lipinski definition) is 12. The van der Waals surface area contributed by atoms with Crippen molar-refractivity contribution in [2.75, 3.05) is 95.7 Å². The summed E-state index contributed by atoms with van der Waals surface area (Å²) in [6.07, 6.45) is 2.77. The van der Waals surface area contributed by atoms with Crippen LogP contribution in [-0.4, -0.2) is 247 Å². The number of carboxylic acids is 2. The summed E-state index contributed by atoms with van der Waals surface area (Å²) in [7, 11) is 8.53. The second kappa shape index (κ2) is 63.3. The monoisotopic (exact) mass is 2160 g/mol. The smallest absolute Gasteiger partial charge is 0.870 e. The second-order valence-corrected chi connectivity index (χ2v) is 38.4. The van der Waals surface area contributed by atoms with Crippen molar-refractivity contribution in [2.24, 2.45) is 66.8 Å². The topological polar surface area (TPSA) is 533 Å². The number of ether oxygens (including phenoxy) is 4. The van der Waals surface area contributed by atoms with Gasteiger partial charge in [-0.05, 0) is 137 Å². The average molecular weight is 2160 g/mol. The van der Waals surface area contributed by atoms with E-state index in [0.717, 1.165) is 125 Å². The fourth-order valence-corrected chi connectivity index (χ4v) is 17.0. The van der Waals surface area contributed by atoms with Gasteiger partial charge in [-0.2, -0.15) is 26.3 Å². The summed E-state index contributed by atoms with van der Waals surface area (Å²) in [5.41, 5.74) is 9.97. The van der Waals surface area contributed by atoms with Gasteiger partial charge in [-0.1, -0.05) is 199 Å². The van der Waals surface area contributed by atoms with Crippen molar-refractivity contribution in [2.45, 2.75) is 251 Å². The van der Waals surface area contributed by atoms with Crippen LogP contribution in [0.5, 0.6) is 0 Å². The fourth-order valence-electron chi connectivity index (χ4n) is 16.2. The van der Waals surface area contributed by atoms with E-state index in [1.807, 2.05) is 0 Å². The molecule has 15 N–H and O–H groups in total. The number of para-hydroxylation sites is 2. The predicted molar refractivity (Wildman–Crippen MR) is 530 cm³/mol. The number of rotatable bonds is 27. The Balaban J connectivity index is 0.000000867. The van der Waals surface area contributed by atoms with Crippen LogP contribution in [0.4, 0.5) is 37.7 Å². The Morgan fingerprint density at radius 2 is 0.812 bits per heavy atom. The van der Waals surface area contributed by atoms with Gasteiger partial charge in [-0.15, -0.1) is 0 Å². The Kier molecular flexibility index (Phi) is 57.9. The Labute approximate surface area is 866 Å². The van der Waals surface area contributed by atoms with Gasteiger partial charge in [0.05, 0.1) is 84.0 Å². The van der Waals surface area contributed by atoms with E-state index < -0.39 is 129 Å². The van der Waals surface area contributed by atoms with Crippen LogP contribution < -0.4 is 61.4 Å². The molecule has 6 unspecified atom stereocenters. The number of carbonyl (C=O) groups is 12. The van der Waals surface area contributed by atoms with Crippen molar-refractivity contribution in [3.63, 3.8) is 0 Å². The number of carboxylic acid groups (broad SMARTS) is 2. The number of benzene rings is 4. The van der Waals surface area contributed by atoms with Crippen LogP contribution in [0.15, 0.2) is 107 Å². The Bertz CT molecular complexity index is 4930. The first-order chi connectivity index (χ1) is 66.7. The van der Waals surface area contributed by atoms with E-state index in [1.54, 1.807) is 118 Å². The molecule has 796 valence electrons. The number of aliphatic hydroxyl groups is 4. The third kappa shape index (κ3) is 38.8. The van der Waals surface area contributed by atoms with Gasteiger partial charge in [-0.3, -0.25) is 53.0 Å². The summed E-state index contributed by atoms with van der Waals surface area (Å²) < 4.78 is 96.0. The molecule has 4 aromatic carbocycles. The van der Waals surface area contributed by atoms with Crippen LogP contribution in [0.3, 0.4) is 0 Å². The number of anilines is 2. The molecule has 44 heteroatoms. The van der Waals surface area contributed by atoms with Gasteiger partial charge < -0.3 is 102 Å². The number of nitrogens with zero attached hydrogens (tertiary/aromatic N) is 6. The minimum absolute atomic E-state index is 0. The van der Waals surface area contributed by atoms with Crippen LogP contribution in [0.1, 0.15) is 230 Å². The third-order valence-electron chi connectivity index (χ3n) is 25.3. The maximum atomic E-state index is 13.7. The van der Waals surface area contributed by atoms with Crippen molar-refractivity contribution < 1.29 is 158 Å². The normalized spacial score (nSPS) is 18.0. The van der Waals surface area contributed by atoms with Crippen LogP contribution in [-0.2, 0) is 88.8 Å². The number of methoxy groups -OCH3 is 4. The summed E-state index contributed by atoms with van der Waals surface area (Å²) in [5, 5.41) is 68.1. The van der Waals surface area contributed by atoms with E-state index in [9.17, 15) is 104 Å². The van der Waals surface area contributed by atoms with Crippen LogP contribution >= 0.6 is 31.9 Å². The number of nitrogens with two attached hydrogens (primary N) is 2. The zero-order chi connectivity index (χ0) is 107. The van der Waals surface area contributed by atoms with E-state index in [1.165, 1.54) is 75.3 Å². The van der Waals surface area contributed by atoms with Gasteiger partial charge in [0, 0.05) is 86.0 Å². The van der Waals surface area contributed by atoms with Gasteiger partial charge in [0.25, 0.3) is 11.8 Å². The van der Waals surface area contributed by atoms with Crippen LogP contribution in [0, 0.1) is 58.5 Å². The molecule has 2 aliphatic heterocycles. The number of aliphatic carboxylic acids is 2. The molecule has 2 heterocycles. The van der Waals surface area contributed by atoms with E-state index in [-0.39, 0.29) is 109 Å². The van der Waals surface area contributed by atoms with E-state index >= 15 is 0 Å². The summed E-state index contributed by atoms with van der Waals surface area (Å²) in [6.45, 7) is 27.4. The number of amides is 6. The molecule has 0 bridgehead atoms. The summed E-state index contributed by atoms with van der Waals surface area (Å²) in [5.74, 6) is -6.87. The maximum Gasteiger partial charge on any atom is 1.00 e. The number of hydrogen-bond acceptors (Lipinski definition) is 25. The SMILES string of the molecule is BrCCCCBr.CC(C)C(O)C(=O)NCC1(C(=O)NC2N=C(c3ccc(C(F)(F)F)cc3)c3ccccc3N(C)C2=O)CCCC1.CC(C)C(O)C(=O)NCC1(C(=O)O)CCCC1.CC(C)C(O)C(=O)O.CN1C(=O)C(N)N=C(c2ccc(C(F)(F)F)cc2)c2ccccc21.COC(=O)C1(CN)CCCC1.COC(=O)C1(CNC(=O)C(O)C(C)C)CCCC1.[C-]#[N+]C1(C(=O)OC)CCCC1.[C-]#[N+]CC(=O)OC.[Li+].[OH-]. The molecule has 5 fully saturated rings. The molecule has 6 atom stereocenters. The van der Waals surface area contributed by atoms with Crippen LogP contribution in [0.25, 0.3) is 9.69 Å². The molecule has 11 rings (SSSR count). The van der Waals surface area contributed by atoms with Crippen molar-refractivity contribution in [1.82, 2.24) is 21.3 Å².